The van der Waals surface area contributed by atoms with Gasteiger partial charge >= 0.3 is 0 Å². The molecule has 7 heteroatoms. The summed E-state index contributed by atoms with van der Waals surface area (Å²) in [6.45, 7) is 7.50. The van der Waals surface area contributed by atoms with Crippen molar-refractivity contribution in [2.75, 3.05) is 13.6 Å². The fraction of sp³-hybridized carbons (Fsp3) is 0.625. The minimum absolute atomic E-state index is 0.0571. The molecule has 2 saturated heterocycles. The van der Waals surface area contributed by atoms with E-state index in [4.69, 9.17) is 0 Å². The number of likely N-dealkylation sites (tertiary alicyclic amines) is 2. The summed E-state index contributed by atoms with van der Waals surface area (Å²) < 4.78 is 0. The van der Waals surface area contributed by atoms with Gasteiger partial charge in [0.25, 0.3) is 5.91 Å². The van der Waals surface area contributed by atoms with E-state index >= 15 is 0 Å². The monoisotopic (exact) mass is 320 g/mol. The number of aliphatic imine (C=N–C) groups is 2. The molecule has 0 aromatic carbocycles. The lowest BCUT2D eigenvalue weighted by atomic mass is 9.83. The fourth-order valence-corrected chi connectivity index (χ4v) is 3.55. The number of amidine groups is 1. The number of allylic oxidation sites excluding steroid dienone is 1. The first-order valence-corrected chi connectivity index (χ1v) is 7.77. The molecule has 0 saturated carbocycles. The van der Waals surface area contributed by atoms with Crippen molar-refractivity contribution < 1.29 is 14.7 Å². The van der Waals surface area contributed by atoms with Crippen molar-refractivity contribution >= 4 is 24.4 Å². The third-order valence-corrected chi connectivity index (χ3v) is 4.75. The summed E-state index contributed by atoms with van der Waals surface area (Å²) in [7, 11) is 1.57. The molecule has 7 nitrogen and oxygen atoms in total. The molecule has 0 radical (unpaired) electrons. The highest BCUT2D eigenvalue weighted by Gasteiger charge is 2.62. The zero-order valence-corrected chi connectivity index (χ0v) is 13.8. The van der Waals surface area contributed by atoms with E-state index < -0.39 is 17.7 Å². The Morgan fingerprint density at radius 1 is 1.57 bits per heavy atom. The first-order valence-electron chi connectivity index (χ1n) is 7.77. The second-order valence-corrected chi connectivity index (χ2v) is 6.15. The van der Waals surface area contributed by atoms with Gasteiger partial charge in [-0.2, -0.15) is 0 Å². The molecule has 2 aliphatic rings. The van der Waals surface area contributed by atoms with Crippen LogP contribution in [0.3, 0.4) is 0 Å². The average molecular weight is 320 g/mol. The highest BCUT2D eigenvalue weighted by atomic mass is 16.3. The normalized spacial score (nSPS) is 30.7. The number of carbonyl (C=O) groups is 2. The maximum Gasteiger partial charge on any atom is 0.251 e. The number of amides is 2. The second kappa shape index (κ2) is 6.62. The summed E-state index contributed by atoms with van der Waals surface area (Å²) >= 11 is 0. The van der Waals surface area contributed by atoms with Crippen LogP contribution in [0.25, 0.3) is 0 Å². The van der Waals surface area contributed by atoms with Gasteiger partial charge in [-0.25, -0.2) is 4.99 Å². The molecule has 2 aliphatic heterocycles. The topological polar surface area (TPSA) is 85.6 Å². The van der Waals surface area contributed by atoms with Gasteiger partial charge in [0.1, 0.15) is 17.4 Å². The van der Waals surface area contributed by atoms with Crippen molar-refractivity contribution in [2.45, 2.75) is 50.4 Å². The van der Waals surface area contributed by atoms with Crippen molar-refractivity contribution in [1.82, 2.24) is 9.80 Å². The van der Waals surface area contributed by atoms with Crippen molar-refractivity contribution in [1.29, 1.82) is 0 Å². The van der Waals surface area contributed by atoms with Gasteiger partial charge in [-0.15, -0.1) is 0 Å². The number of hydrogen-bond acceptors (Lipinski definition) is 4. The van der Waals surface area contributed by atoms with Gasteiger partial charge in [-0.1, -0.05) is 12.7 Å². The Labute approximate surface area is 136 Å². The fourth-order valence-electron chi connectivity index (χ4n) is 3.55. The number of hydrogen-bond donors (Lipinski definition) is 1. The third kappa shape index (κ3) is 2.69. The number of nitrogens with zero attached hydrogens (tertiary/aromatic N) is 4. The van der Waals surface area contributed by atoms with Crippen LogP contribution in [0.15, 0.2) is 22.6 Å². The second-order valence-electron chi connectivity index (χ2n) is 6.15. The third-order valence-electron chi connectivity index (χ3n) is 4.75. The van der Waals surface area contributed by atoms with Crippen LogP contribution in [0.1, 0.15) is 26.7 Å². The van der Waals surface area contributed by atoms with Gasteiger partial charge in [-0.05, 0) is 26.7 Å². The van der Waals surface area contributed by atoms with Crippen molar-refractivity contribution in [3.63, 3.8) is 0 Å². The zero-order valence-electron chi connectivity index (χ0n) is 13.8. The number of β-lactam (4-membered cyclic amide) rings is 1. The lowest BCUT2D eigenvalue weighted by Gasteiger charge is -2.53. The van der Waals surface area contributed by atoms with Crippen LogP contribution in [0.4, 0.5) is 0 Å². The van der Waals surface area contributed by atoms with Gasteiger partial charge in [0.15, 0.2) is 0 Å². The maximum absolute atomic E-state index is 12.8. The zero-order chi connectivity index (χ0) is 17.2. The molecule has 0 bridgehead atoms. The molecule has 2 fully saturated rings. The standard InChI is InChI=1S/C16H24N4O3/c1-5-8-18-14(17-4)13(12(3)22)19-9-16(15(19)23)7-6-11(2)20(16)10-21/h5,8,10-13,22H,1,6-7,9H2,2-4H3. The molecule has 4 unspecified atom stereocenters. The summed E-state index contributed by atoms with van der Waals surface area (Å²) in [4.78, 5) is 35.6. The Morgan fingerprint density at radius 3 is 2.74 bits per heavy atom. The van der Waals surface area contributed by atoms with Crippen LogP contribution in [0.2, 0.25) is 0 Å². The number of rotatable bonds is 5. The van der Waals surface area contributed by atoms with Crippen LogP contribution < -0.4 is 0 Å². The highest BCUT2D eigenvalue weighted by Crippen LogP contribution is 2.42. The van der Waals surface area contributed by atoms with Crippen molar-refractivity contribution in [3.05, 3.63) is 12.7 Å². The Kier molecular flexibility index (Phi) is 4.99. The van der Waals surface area contributed by atoms with E-state index in [1.54, 1.807) is 23.8 Å². The highest BCUT2D eigenvalue weighted by molar-refractivity contribution is 6.02. The quantitative estimate of drug-likeness (QED) is 0.341. The SMILES string of the molecule is C=CC=NC(=NC)C(C(C)O)N1CC2(CCC(C)N2C=O)C1=O. The summed E-state index contributed by atoms with van der Waals surface area (Å²) in [5, 5.41) is 10.1. The average Bonchev–Trinajstić information content (AvgIpc) is 2.87. The molecule has 2 amide bonds. The van der Waals surface area contributed by atoms with E-state index in [0.29, 0.717) is 18.8 Å². The molecule has 1 N–H and O–H groups in total. The van der Waals surface area contributed by atoms with E-state index in [-0.39, 0.29) is 11.9 Å². The first-order chi connectivity index (χ1) is 10.9. The molecule has 23 heavy (non-hydrogen) atoms. The van der Waals surface area contributed by atoms with E-state index in [1.807, 2.05) is 6.92 Å². The Balaban J connectivity index is 2.25. The molecular weight excluding hydrogens is 296 g/mol. The number of aliphatic hydroxyl groups is 1. The smallest absolute Gasteiger partial charge is 0.251 e. The Bertz CT molecular complexity index is 558. The molecule has 2 heterocycles. The molecule has 4 atom stereocenters. The van der Waals surface area contributed by atoms with E-state index in [0.717, 1.165) is 12.8 Å². The van der Waals surface area contributed by atoms with Gasteiger partial charge in [-0.3, -0.25) is 14.6 Å². The summed E-state index contributed by atoms with van der Waals surface area (Å²) in [6.07, 6.45) is 4.39. The van der Waals surface area contributed by atoms with E-state index in [2.05, 4.69) is 16.6 Å². The van der Waals surface area contributed by atoms with E-state index in [1.165, 1.54) is 12.3 Å². The number of carbonyl (C=O) groups excluding carboxylic acids is 2. The van der Waals surface area contributed by atoms with Crippen LogP contribution in [0, 0.1) is 0 Å². The van der Waals surface area contributed by atoms with E-state index in [9.17, 15) is 14.7 Å². The van der Waals surface area contributed by atoms with Crippen molar-refractivity contribution in [3.8, 4) is 0 Å². The van der Waals surface area contributed by atoms with Crippen molar-refractivity contribution in [2.24, 2.45) is 9.98 Å². The predicted octanol–water partition coefficient (Wildman–Crippen LogP) is 0.243. The molecule has 126 valence electrons. The number of aliphatic hydroxyl groups excluding tert-OH is 1. The minimum atomic E-state index is -0.819. The van der Waals surface area contributed by atoms with Gasteiger partial charge < -0.3 is 14.9 Å². The molecule has 2 rings (SSSR count). The lowest BCUT2D eigenvalue weighted by Crippen LogP contribution is -2.76. The molecule has 1 spiro atoms. The molecule has 0 aromatic heterocycles. The maximum atomic E-state index is 12.8. The molecular formula is C16H24N4O3. The minimum Gasteiger partial charge on any atom is -0.391 e. The Hall–Kier alpha value is -2.02. The predicted molar refractivity (Wildman–Crippen MR) is 88.6 cm³/mol. The van der Waals surface area contributed by atoms with Gasteiger partial charge in [0, 0.05) is 19.3 Å². The summed E-state index contributed by atoms with van der Waals surface area (Å²) in [6, 6.07) is -0.569. The van der Waals surface area contributed by atoms with Gasteiger partial charge in [0.05, 0.1) is 12.6 Å². The molecule has 0 aromatic rings. The lowest BCUT2D eigenvalue weighted by molar-refractivity contribution is -0.169. The Morgan fingerprint density at radius 2 is 2.26 bits per heavy atom. The van der Waals surface area contributed by atoms with Crippen LogP contribution in [-0.2, 0) is 9.59 Å². The summed E-state index contributed by atoms with van der Waals surface area (Å²) in [5.74, 6) is 0.224. The first kappa shape index (κ1) is 17.3. The molecule has 0 aliphatic carbocycles. The van der Waals surface area contributed by atoms with Gasteiger partial charge in [0.2, 0.25) is 6.41 Å². The summed E-state index contributed by atoms with van der Waals surface area (Å²) in [5.41, 5.74) is -0.755. The van der Waals surface area contributed by atoms with Crippen LogP contribution in [0.5, 0.6) is 0 Å². The van der Waals surface area contributed by atoms with Crippen LogP contribution >= 0.6 is 0 Å². The van der Waals surface area contributed by atoms with Crippen LogP contribution in [-0.4, -0.2) is 76.6 Å². The largest absolute Gasteiger partial charge is 0.391 e.